The Bertz CT molecular complexity index is 169. The molecule has 0 aromatic heterocycles. The summed E-state index contributed by atoms with van der Waals surface area (Å²) in [5, 5.41) is 11.6. The largest absolute Gasteiger partial charge is 0.464 e. The molecule has 1 aliphatic heterocycles. The van der Waals surface area contributed by atoms with Gasteiger partial charge in [0.2, 0.25) is 0 Å². The third-order valence-electron chi connectivity index (χ3n) is 1.09. The zero-order chi connectivity index (χ0) is 7.56. The maximum Gasteiger partial charge on any atom is 0.423 e. The number of nitrogens with zero attached hydrogens (tertiary/aromatic N) is 1. The number of rotatable bonds is 1. The standard InChI is InChI=1S/C4H7N3O3/c8-3-5-1-2-7(3)6-4(9)10/h6H,1-2H2,(H,5,8)(H,9,10). The van der Waals surface area contributed by atoms with Crippen molar-refractivity contribution in [1.29, 1.82) is 0 Å². The second-order valence-electron chi connectivity index (χ2n) is 1.80. The summed E-state index contributed by atoms with van der Waals surface area (Å²) in [7, 11) is 0. The first-order valence-electron chi connectivity index (χ1n) is 2.75. The van der Waals surface area contributed by atoms with Gasteiger partial charge in [0.1, 0.15) is 0 Å². The molecule has 0 aromatic carbocycles. The predicted octanol–water partition coefficient (Wildman–Crippen LogP) is -0.806. The fraction of sp³-hybridized carbons (Fsp3) is 0.500. The van der Waals surface area contributed by atoms with Crippen LogP contribution in [0.1, 0.15) is 0 Å². The molecular formula is C4H7N3O3. The number of carbonyl (C=O) groups is 2. The Morgan fingerprint density at radius 1 is 1.80 bits per heavy atom. The minimum absolute atomic E-state index is 0.380. The smallest absolute Gasteiger partial charge is 0.423 e. The van der Waals surface area contributed by atoms with Gasteiger partial charge in [0.25, 0.3) is 0 Å². The molecule has 1 fully saturated rings. The van der Waals surface area contributed by atoms with Crippen LogP contribution in [0.4, 0.5) is 9.59 Å². The highest BCUT2D eigenvalue weighted by molar-refractivity contribution is 5.78. The van der Waals surface area contributed by atoms with Crippen LogP contribution in [0.25, 0.3) is 0 Å². The van der Waals surface area contributed by atoms with E-state index in [2.05, 4.69) is 5.32 Å². The third-order valence-corrected chi connectivity index (χ3v) is 1.09. The number of hydrogen-bond acceptors (Lipinski definition) is 2. The summed E-state index contributed by atoms with van der Waals surface area (Å²) in [5.74, 6) is 0. The molecule has 0 atom stereocenters. The molecule has 0 spiro atoms. The molecule has 3 amide bonds. The Balaban J connectivity index is 2.40. The quantitative estimate of drug-likeness (QED) is 0.451. The summed E-state index contributed by atoms with van der Waals surface area (Å²) in [4.78, 5) is 20.6. The number of amides is 3. The molecule has 3 N–H and O–H groups in total. The van der Waals surface area contributed by atoms with Gasteiger partial charge in [-0.25, -0.2) is 20.0 Å². The average Bonchev–Trinajstić information content (AvgIpc) is 2.15. The van der Waals surface area contributed by atoms with E-state index in [4.69, 9.17) is 5.11 Å². The van der Waals surface area contributed by atoms with Crippen molar-refractivity contribution in [2.24, 2.45) is 0 Å². The van der Waals surface area contributed by atoms with Gasteiger partial charge in [0, 0.05) is 6.54 Å². The lowest BCUT2D eigenvalue weighted by Crippen LogP contribution is -2.43. The van der Waals surface area contributed by atoms with Gasteiger partial charge in [-0.3, -0.25) is 0 Å². The molecule has 6 heteroatoms. The summed E-state index contributed by atoms with van der Waals surface area (Å²) in [5.41, 5.74) is 1.93. The predicted molar refractivity (Wildman–Crippen MR) is 31.3 cm³/mol. The van der Waals surface area contributed by atoms with Crippen LogP contribution in [0.3, 0.4) is 0 Å². The Morgan fingerprint density at radius 3 is 2.90 bits per heavy atom. The van der Waals surface area contributed by atoms with E-state index in [1.54, 1.807) is 0 Å². The van der Waals surface area contributed by atoms with E-state index in [9.17, 15) is 9.59 Å². The molecule has 1 heterocycles. The lowest BCUT2D eigenvalue weighted by molar-refractivity contribution is 0.155. The molecule has 1 aliphatic rings. The van der Waals surface area contributed by atoms with Crippen LogP contribution in [0.5, 0.6) is 0 Å². The Labute approximate surface area is 56.8 Å². The van der Waals surface area contributed by atoms with Crippen LogP contribution in [-0.4, -0.2) is 35.3 Å². The first kappa shape index (κ1) is 6.66. The molecule has 0 bridgehead atoms. The van der Waals surface area contributed by atoms with Crippen molar-refractivity contribution < 1.29 is 14.7 Å². The van der Waals surface area contributed by atoms with Gasteiger partial charge in [0.15, 0.2) is 0 Å². The topological polar surface area (TPSA) is 81.7 Å². The van der Waals surface area contributed by atoms with Crippen LogP contribution in [0.2, 0.25) is 0 Å². The first-order valence-corrected chi connectivity index (χ1v) is 2.75. The molecule has 0 aromatic rings. The molecule has 56 valence electrons. The van der Waals surface area contributed by atoms with Crippen LogP contribution >= 0.6 is 0 Å². The molecular weight excluding hydrogens is 138 g/mol. The number of carboxylic acid groups (broad SMARTS) is 1. The maximum atomic E-state index is 10.6. The van der Waals surface area contributed by atoms with E-state index in [0.717, 1.165) is 5.01 Å². The van der Waals surface area contributed by atoms with Crippen molar-refractivity contribution in [3.05, 3.63) is 0 Å². The van der Waals surface area contributed by atoms with Gasteiger partial charge in [-0.1, -0.05) is 0 Å². The van der Waals surface area contributed by atoms with Crippen molar-refractivity contribution in [3.8, 4) is 0 Å². The number of hydrogen-bond donors (Lipinski definition) is 3. The number of nitrogens with one attached hydrogen (secondary N) is 2. The van der Waals surface area contributed by atoms with Crippen molar-refractivity contribution >= 4 is 12.1 Å². The fourth-order valence-corrected chi connectivity index (χ4v) is 0.694. The normalized spacial score (nSPS) is 16.8. The summed E-state index contributed by atoms with van der Waals surface area (Å²) < 4.78 is 0. The van der Waals surface area contributed by atoms with Gasteiger partial charge in [-0.15, -0.1) is 0 Å². The monoisotopic (exact) mass is 145 g/mol. The number of carbonyl (C=O) groups excluding carboxylic acids is 1. The highest BCUT2D eigenvalue weighted by Crippen LogP contribution is 1.90. The summed E-state index contributed by atoms with van der Waals surface area (Å²) in [6.07, 6.45) is -1.22. The van der Waals surface area contributed by atoms with Crippen LogP contribution in [0, 0.1) is 0 Å². The minimum atomic E-state index is -1.22. The Morgan fingerprint density at radius 2 is 2.50 bits per heavy atom. The van der Waals surface area contributed by atoms with Crippen LogP contribution in [0.15, 0.2) is 0 Å². The second-order valence-corrected chi connectivity index (χ2v) is 1.80. The van der Waals surface area contributed by atoms with Gasteiger partial charge < -0.3 is 10.4 Å². The van der Waals surface area contributed by atoms with Gasteiger partial charge in [-0.2, -0.15) is 0 Å². The highest BCUT2D eigenvalue weighted by Gasteiger charge is 2.20. The molecule has 0 saturated carbocycles. The maximum absolute atomic E-state index is 10.6. The molecule has 1 saturated heterocycles. The molecule has 10 heavy (non-hydrogen) atoms. The van der Waals surface area contributed by atoms with E-state index in [-0.39, 0.29) is 0 Å². The summed E-state index contributed by atoms with van der Waals surface area (Å²) >= 11 is 0. The van der Waals surface area contributed by atoms with Crippen molar-refractivity contribution in [1.82, 2.24) is 15.8 Å². The molecule has 0 radical (unpaired) electrons. The molecule has 0 aliphatic carbocycles. The SMILES string of the molecule is O=C(O)NN1CCNC1=O. The lowest BCUT2D eigenvalue weighted by atomic mass is 10.7. The summed E-state index contributed by atoms with van der Waals surface area (Å²) in [6.45, 7) is 0.865. The zero-order valence-electron chi connectivity index (χ0n) is 5.13. The van der Waals surface area contributed by atoms with Gasteiger partial charge in [-0.05, 0) is 0 Å². The van der Waals surface area contributed by atoms with E-state index < -0.39 is 12.1 Å². The van der Waals surface area contributed by atoms with Crippen LogP contribution in [-0.2, 0) is 0 Å². The van der Waals surface area contributed by atoms with Crippen molar-refractivity contribution in [2.75, 3.05) is 13.1 Å². The van der Waals surface area contributed by atoms with E-state index >= 15 is 0 Å². The molecule has 6 nitrogen and oxygen atoms in total. The van der Waals surface area contributed by atoms with Gasteiger partial charge in [0.05, 0.1) is 6.54 Å². The minimum Gasteiger partial charge on any atom is -0.464 e. The van der Waals surface area contributed by atoms with E-state index in [0.29, 0.717) is 13.1 Å². The first-order chi connectivity index (χ1) is 4.70. The van der Waals surface area contributed by atoms with Crippen molar-refractivity contribution in [2.45, 2.75) is 0 Å². The third kappa shape index (κ3) is 1.28. The summed E-state index contributed by atoms with van der Waals surface area (Å²) in [6, 6.07) is -0.401. The van der Waals surface area contributed by atoms with E-state index in [1.165, 1.54) is 0 Å². The number of urea groups is 1. The van der Waals surface area contributed by atoms with Crippen LogP contribution < -0.4 is 10.7 Å². The Kier molecular flexibility index (Phi) is 1.61. The van der Waals surface area contributed by atoms with Gasteiger partial charge >= 0.3 is 12.1 Å². The lowest BCUT2D eigenvalue weighted by Gasteiger charge is -2.11. The number of hydrazine groups is 1. The average molecular weight is 145 g/mol. The molecule has 0 unspecified atom stereocenters. The highest BCUT2D eigenvalue weighted by atomic mass is 16.4. The second kappa shape index (κ2) is 2.42. The fourth-order valence-electron chi connectivity index (χ4n) is 0.694. The van der Waals surface area contributed by atoms with E-state index in [1.807, 2.05) is 5.43 Å². The Hall–Kier alpha value is -1.46. The zero-order valence-corrected chi connectivity index (χ0v) is 5.13. The molecule has 1 rings (SSSR count). The van der Waals surface area contributed by atoms with Crippen molar-refractivity contribution in [3.63, 3.8) is 0 Å².